The van der Waals surface area contributed by atoms with Gasteiger partial charge >= 0.3 is 11.9 Å². The van der Waals surface area contributed by atoms with Crippen LogP contribution in [0.5, 0.6) is 5.75 Å². The zero-order valence-corrected chi connectivity index (χ0v) is 35.0. The molecule has 0 aliphatic heterocycles. The zero-order valence-electron chi connectivity index (χ0n) is 35.0. The monoisotopic (exact) mass is 846 g/mol. The number of aliphatic hydroxyl groups excluding tert-OH is 1. The number of methoxy groups -OCH3 is 1. The van der Waals surface area contributed by atoms with Crippen molar-refractivity contribution in [2.45, 2.75) is 54.6 Å². The van der Waals surface area contributed by atoms with Crippen molar-refractivity contribution in [1.29, 1.82) is 0 Å². The third kappa shape index (κ3) is 12.7. The molecule has 12 nitrogen and oxygen atoms in total. The van der Waals surface area contributed by atoms with Crippen LogP contribution in [0.1, 0.15) is 88.4 Å². The van der Waals surface area contributed by atoms with E-state index in [0.717, 1.165) is 44.5 Å². The van der Waals surface area contributed by atoms with Crippen LogP contribution in [0.2, 0.25) is 0 Å². The van der Waals surface area contributed by atoms with Gasteiger partial charge in [-0.25, -0.2) is 9.59 Å². The highest BCUT2D eigenvalue weighted by Crippen LogP contribution is 2.57. The quantitative estimate of drug-likeness (QED) is 0.0428. The highest BCUT2D eigenvalue weighted by atomic mass is 16.6. The number of ether oxygens (including phenoxy) is 9. The normalized spacial score (nSPS) is 12.2. The van der Waals surface area contributed by atoms with Crippen molar-refractivity contribution >= 4 is 11.9 Å². The largest absolute Gasteiger partial charge is 0.490 e. The van der Waals surface area contributed by atoms with E-state index in [1.165, 1.54) is 0 Å². The lowest BCUT2D eigenvalue weighted by Gasteiger charge is -2.35. The highest BCUT2D eigenvalue weighted by molar-refractivity contribution is 5.95. The Kier molecular flexibility index (Phi) is 21.6. The Hall–Kier alpha value is -4.66. The standard InChI is InChI=1S/C47H58O12.2CH4/c1-6-57-45(49)40-30-36(11-10-35(40)32-56-25-24-54-21-20-52-17-16-48)47(42-28-33(3)8-13-38(42)39-14-9-34(4)29-43(39)47)37-12-15-44(41(31-37)46(50)58-7-2)59-27-26-55-23-22-53-19-18-51-5;;/h8-15,28-31,48H,6-7,16-27,32H2,1-5H3;2*1H4. The molecule has 4 aromatic rings. The van der Waals surface area contributed by atoms with E-state index >= 15 is 0 Å². The van der Waals surface area contributed by atoms with Crippen molar-refractivity contribution < 1.29 is 57.3 Å². The lowest BCUT2D eigenvalue weighted by Crippen LogP contribution is -2.30. The molecule has 0 fully saturated rings. The molecule has 334 valence electrons. The van der Waals surface area contributed by atoms with E-state index in [-0.39, 0.29) is 60.1 Å². The number of rotatable bonds is 26. The fourth-order valence-corrected chi connectivity index (χ4v) is 7.29. The maximum Gasteiger partial charge on any atom is 0.341 e. The summed E-state index contributed by atoms with van der Waals surface area (Å²) in [5.41, 5.74) is 8.23. The van der Waals surface area contributed by atoms with Crippen LogP contribution in [0.25, 0.3) is 11.1 Å². The number of carbonyl (C=O) groups excluding carboxylic acids is 2. The SMILES string of the molecule is C.C.CCOC(=O)c1cc(C2(c3ccc(OCCOCCOCCOC)c(C(=O)OCC)c3)c3cc(C)ccc3-c3ccc(C)cc32)ccc1COCCOCCOCCO. The number of benzene rings is 4. The predicted molar refractivity (Wildman–Crippen MR) is 236 cm³/mol. The minimum Gasteiger partial charge on any atom is -0.490 e. The van der Waals surface area contributed by atoms with Gasteiger partial charge in [0, 0.05) is 7.11 Å². The summed E-state index contributed by atoms with van der Waals surface area (Å²) in [5.74, 6) is -0.608. The summed E-state index contributed by atoms with van der Waals surface area (Å²) in [6.07, 6.45) is 0. The highest BCUT2D eigenvalue weighted by Gasteiger charge is 2.47. The molecule has 0 amide bonds. The van der Waals surface area contributed by atoms with Crippen molar-refractivity contribution in [2.24, 2.45) is 0 Å². The number of hydrogen-bond acceptors (Lipinski definition) is 12. The second kappa shape index (κ2) is 26.0. The first-order valence-electron chi connectivity index (χ1n) is 20.3. The van der Waals surface area contributed by atoms with Gasteiger partial charge < -0.3 is 47.7 Å². The molecular weight excluding hydrogens is 781 g/mol. The number of aliphatic hydroxyl groups is 1. The molecule has 0 unspecified atom stereocenters. The minimum absolute atomic E-state index is 0. The van der Waals surface area contributed by atoms with Crippen molar-refractivity contribution in [3.05, 3.63) is 123 Å². The molecule has 0 saturated heterocycles. The maximum absolute atomic E-state index is 13.8. The molecule has 0 saturated carbocycles. The van der Waals surface area contributed by atoms with Crippen LogP contribution >= 0.6 is 0 Å². The van der Waals surface area contributed by atoms with Gasteiger partial charge in [-0.3, -0.25) is 0 Å². The average molecular weight is 847 g/mol. The summed E-state index contributed by atoms with van der Waals surface area (Å²) < 4.78 is 50.4. The summed E-state index contributed by atoms with van der Waals surface area (Å²) in [6.45, 7) is 12.1. The van der Waals surface area contributed by atoms with Crippen molar-refractivity contribution in [3.63, 3.8) is 0 Å². The second-order valence-corrected chi connectivity index (χ2v) is 13.9. The van der Waals surface area contributed by atoms with E-state index in [1.807, 2.05) is 36.4 Å². The number of esters is 2. The van der Waals surface area contributed by atoms with Gasteiger partial charge in [-0.15, -0.1) is 0 Å². The van der Waals surface area contributed by atoms with Gasteiger partial charge in [0.1, 0.15) is 17.9 Å². The first kappa shape index (κ1) is 50.7. The van der Waals surface area contributed by atoms with Gasteiger partial charge in [0.25, 0.3) is 0 Å². The van der Waals surface area contributed by atoms with Gasteiger partial charge in [0.15, 0.2) is 0 Å². The van der Waals surface area contributed by atoms with Gasteiger partial charge in [-0.1, -0.05) is 80.6 Å². The molecule has 0 spiro atoms. The van der Waals surface area contributed by atoms with E-state index in [9.17, 15) is 9.59 Å². The Balaban J connectivity index is 0.00000496. The number of carbonyl (C=O) groups is 2. The van der Waals surface area contributed by atoms with Gasteiger partial charge in [-0.2, -0.15) is 0 Å². The van der Waals surface area contributed by atoms with Crippen LogP contribution in [0.15, 0.2) is 72.8 Å². The van der Waals surface area contributed by atoms with Gasteiger partial charge in [-0.05, 0) is 84.8 Å². The molecule has 4 aromatic carbocycles. The molecule has 0 atom stereocenters. The predicted octanol–water partition coefficient (Wildman–Crippen LogP) is 7.89. The lowest BCUT2D eigenvalue weighted by molar-refractivity contribution is 0.00429. The summed E-state index contributed by atoms with van der Waals surface area (Å²) in [5, 5.41) is 8.88. The van der Waals surface area contributed by atoms with Crippen molar-refractivity contribution in [1.82, 2.24) is 0 Å². The fourth-order valence-electron chi connectivity index (χ4n) is 7.29. The van der Waals surface area contributed by atoms with Crippen LogP contribution < -0.4 is 4.74 Å². The van der Waals surface area contributed by atoms with E-state index in [4.69, 9.17) is 47.7 Å². The molecule has 61 heavy (non-hydrogen) atoms. The Morgan fingerprint density at radius 3 is 1.57 bits per heavy atom. The molecule has 5 rings (SSSR count). The molecule has 12 heteroatoms. The second-order valence-electron chi connectivity index (χ2n) is 13.9. The van der Waals surface area contributed by atoms with Crippen molar-refractivity contribution in [2.75, 3.05) is 99.6 Å². The number of aryl methyl sites for hydroxylation is 2. The molecule has 0 bridgehead atoms. The molecular formula is C49H66O12. The van der Waals surface area contributed by atoms with E-state index in [0.29, 0.717) is 76.3 Å². The first-order valence-corrected chi connectivity index (χ1v) is 20.3. The maximum atomic E-state index is 13.8. The molecule has 1 N–H and O–H groups in total. The third-order valence-corrected chi connectivity index (χ3v) is 9.92. The smallest absolute Gasteiger partial charge is 0.341 e. The van der Waals surface area contributed by atoms with Gasteiger partial charge in [0.2, 0.25) is 0 Å². The number of hydrogen-bond donors (Lipinski definition) is 1. The Morgan fingerprint density at radius 1 is 0.557 bits per heavy atom. The summed E-state index contributed by atoms with van der Waals surface area (Å²) >= 11 is 0. The average Bonchev–Trinajstić information content (AvgIpc) is 3.51. The van der Waals surface area contributed by atoms with Crippen LogP contribution in [0.3, 0.4) is 0 Å². The van der Waals surface area contributed by atoms with E-state index < -0.39 is 17.4 Å². The van der Waals surface area contributed by atoms with Gasteiger partial charge in [0.05, 0.1) is 103 Å². The van der Waals surface area contributed by atoms with E-state index in [2.05, 4.69) is 50.2 Å². The van der Waals surface area contributed by atoms with Crippen LogP contribution in [0.4, 0.5) is 0 Å². The summed E-state index contributed by atoms with van der Waals surface area (Å²) in [7, 11) is 1.62. The molecule has 0 aromatic heterocycles. The third-order valence-electron chi connectivity index (χ3n) is 9.92. The van der Waals surface area contributed by atoms with Crippen LogP contribution in [0, 0.1) is 13.8 Å². The number of fused-ring (bicyclic) bond motifs is 3. The molecule has 1 aliphatic rings. The fraction of sp³-hybridized carbons (Fsp3) is 0.469. The van der Waals surface area contributed by atoms with Crippen LogP contribution in [-0.4, -0.2) is 117 Å². The zero-order chi connectivity index (χ0) is 42.0. The molecule has 1 aliphatic carbocycles. The lowest BCUT2D eigenvalue weighted by atomic mass is 9.66. The first-order chi connectivity index (χ1) is 28.8. The van der Waals surface area contributed by atoms with E-state index in [1.54, 1.807) is 21.0 Å². The summed E-state index contributed by atoms with van der Waals surface area (Å²) in [6, 6.07) is 24.4. The molecule has 0 heterocycles. The van der Waals surface area contributed by atoms with Crippen molar-refractivity contribution in [3.8, 4) is 16.9 Å². The van der Waals surface area contributed by atoms with Crippen LogP contribution in [-0.2, 0) is 49.9 Å². The Morgan fingerprint density at radius 2 is 1.03 bits per heavy atom. The Labute approximate surface area is 362 Å². The molecule has 0 radical (unpaired) electrons. The topological polar surface area (TPSA) is 137 Å². The Bertz CT molecular complexity index is 1830. The minimum atomic E-state index is -0.971. The summed E-state index contributed by atoms with van der Waals surface area (Å²) in [4.78, 5) is 27.5.